The summed E-state index contributed by atoms with van der Waals surface area (Å²) in [6, 6.07) is 7.17. The van der Waals surface area contributed by atoms with Crippen LogP contribution >= 0.6 is 0 Å². The number of benzene rings is 1. The number of nitrogens with one attached hydrogen (secondary N) is 1. The van der Waals surface area contributed by atoms with Crippen LogP contribution in [0.3, 0.4) is 0 Å². The molecular formula is C9H12N2O4S. The number of ether oxygens (including phenoxy) is 1. The summed E-state index contributed by atoms with van der Waals surface area (Å²) < 4.78 is 28.3. The normalized spacial score (nSPS) is 13.1. The lowest BCUT2D eigenvalue weighted by Crippen LogP contribution is -2.38. The molecule has 0 saturated carbocycles. The van der Waals surface area contributed by atoms with E-state index in [9.17, 15) is 13.2 Å². The van der Waals surface area contributed by atoms with E-state index >= 15 is 0 Å². The standard InChI is InChI=1S/C9H12N2O4S/c1-15-9(12)8(11-16(10,13)14)7-5-3-2-4-6-7/h2-6,8,11H,1H3,(H2,10,13,14). The van der Waals surface area contributed by atoms with Crippen LogP contribution in [0.2, 0.25) is 0 Å². The fourth-order valence-electron chi connectivity index (χ4n) is 1.18. The lowest BCUT2D eigenvalue weighted by molar-refractivity contribution is -0.142. The topological polar surface area (TPSA) is 98.5 Å². The zero-order valence-corrected chi connectivity index (χ0v) is 9.40. The Morgan fingerprint density at radius 1 is 1.38 bits per heavy atom. The van der Waals surface area contributed by atoms with Crippen LogP contribution in [0.25, 0.3) is 0 Å². The number of methoxy groups -OCH3 is 1. The van der Waals surface area contributed by atoms with Crippen molar-refractivity contribution < 1.29 is 17.9 Å². The van der Waals surface area contributed by atoms with Crippen molar-refractivity contribution in [3.05, 3.63) is 35.9 Å². The first-order valence-corrected chi connectivity index (χ1v) is 5.91. The van der Waals surface area contributed by atoms with E-state index in [0.717, 1.165) is 0 Å². The van der Waals surface area contributed by atoms with Gasteiger partial charge in [-0.05, 0) is 5.56 Å². The Kier molecular flexibility index (Phi) is 3.99. The van der Waals surface area contributed by atoms with Gasteiger partial charge in [0.05, 0.1) is 7.11 Å². The molecule has 0 aliphatic carbocycles. The molecule has 1 aromatic rings. The second-order valence-corrected chi connectivity index (χ2v) is 4.36. The van der Waals surface area contributed by atoms with Crippen LogP contribution in [0.15, 0.2) is 30.3 Å². The Morgan fingerprint density at radius 3 is 2.38 bits per heavy atom. The van der Waals surface area contributed by atoms with Gasteiger partial charge in [-0.15, -0.1) is 0 Å². The highest BCUT2D eigenvalue weighted by Gasteiger charge is 2.24. The predicted octanol–water partition coefficient (Wildman–Crippen LogP) is -0.306. The van der Waals surface area contributed by atoms with Gasteiger partial charge in [0, 0.05) is 0 Å². The summed E-state index contributed by atoms with van der Waals surface area (Å²) in [6.07, 6.45) is 0. The van der Waals surface area contributed by atoms with Crippen molar-refractivity contribution in [3.8, 4) is 0 Å². The summed E-state index contributed by atoms with van der Waals surface area (Å²) in [6.45, 7) is 0. The second kappa shape index (κ2) is 5.06. The van der Waals surface area contributed by atoms with E-state index in [0.29, 0.717) is 5.56 Å². The van der Waals surface area contributed by atoms with Gasteiger partial charge in [-0.25, -0.2) is 9.93 Å². The summed E-state index contributed by atoms with van der Waals surface area (Å²) >= 11 is 0. The van der Waals surface area contributed by atoms with Crippen LogP contribution in [0, 0.1) is 0 Å². The first-order chi connectivity index (χ1) is 7.44. The molecule has 0 heterocycles. The summed E-state index contributed by atoms with van der Waals surface area (Å²) in [5, 5.41) is 4.82. The van der Waals surface area contributed by atoms with Crippen molar-refractivity contribution in [3.63, 3.8) is 0 Å². The lowest BCUT2D eigenvalue weighted by atomic mass is 10.1. The monoisotopic (exact) mass is 244 g/mol. The van der Waals surface area contributed by atoms with E-state index in [-0.39, 0.29) is 0 Å². The van der Waals surface area contributed by atoms with E-state index < -0.39 is 22.2 Å². The summed E-state index contributed by atoms with van der Waals surface area (Å²) in [5.41, 5.74) is 0.461. The molecule has 1 rings (SSSR count). The SMILES string of the molecule is COC(=O)C(NS(N)(=O)=O)c1ccccc1. The fourth-order valence-corrected chi connectivity index (χ4v) is 1.74. The molecule has 0 aliphatic heterocycles. The van der Waals surface area contributed by atoms with Gasteiger partial charge in [0.1, 0.15) is 6.04 Å². The predicted molar refractivity (Wildman–Crippen MR) is 57.4 cm³/mol. The molecule has 3 N–H and O–H groups in total. The van der Waals surface area contributed by atoms with Crippen LogP contribution in [-0.2, 0) is 19.7 Å². The molecule has 1 atom stereocenters. The molecule has 1 unspecified atom stereocenters. The maximum absolute atomic E-state index is 11.4. The maximum Gasteiger partial charge on any atom is 0.328 e. The third-order valence-electron chi connectivity index (χ3n) is 1.85. The van der Waals surface area contributed by atoms with Gasteiger partial charge in [-0.2, -0.15) is 13.1 Å². The third-order valence-corrected chi connectivity index (χ3v) is 2.42. The molecule has 88 valence electrons. The van der Waals surface area contributed by atoms with Gasteiger partial charge in [-0.3, -0.25) is 0 Å². The van der Waals surface area contributed by atoms with Crippen molar-refractivity contribution in [2.45, 2.75) is 6.04 Å². The molecule has 0 aliphatic rings. The number of hydrogen-bond donors (Lipinski definition) is 2. The highest BCUT2D eigenvalue weighted by atomic mass is 32.2. The quantitative estimate of drug-likeness (QED) is 0.710. The Bertz CT molecular complexity index is 458. The second-order valence-electron chi connectivity index (χ2n) is 3.03. The van der Waals surface area contributed by atoms with Gasteiger partial charge in [0.2, 0.25) is 0 Å². The molecule has 0 spiro atoms. The number of nitrogens with two attached hydrogens (primary N) is 1. The minimum atomic E-state index is -3.98. The molecule has 1 aromatic carbocycles. The number of carbonyl (C=O) groups excluding carboxylic acids is 1. The van der Waals surface area contributed by atoms with Crippen molar-refractivity contribution in [2.75, 3.05) is 7.11 Å². The van der Waals surface area contributed by atoms with Crippen LogP contribution in [-0.4, -0.2) is 21.5 Å². The average molecular weight is 244 g/mol. The van der Waals surface area contributed by atoms with Gasteiger partial charge < -0.3 is 4.74 Å². The first kappa shape index (κ1) is 12.6. The molecule has 0 amide bonds. The van der Waals surface area contributed by atoms with E-state index in [1.807, 2.05) is 4.72 Å². The van der Waals surface area contributed by atoms with E-state index in [1.165, 1.54) is 7.11 Å². The summed E-state index contributed by atoms with van der Waals surface area (Å²) in [4.78, 5) is 11.4. The average Bonchev–Trinajstić information content (AvgIpc) is 2.25. The van der Waals surface area contributed by atoms with Crippen molar-refractivity contribution in [2.24, 2.45) is 5.14 Å². The minimum Gasteiger partial charge on any atom is -0.468 e. The van der Waals surface area contributed by atoms with Crippen LogP contribution < -0.4 is 9.86 Å². The summed E-state index contributed by atoms with van der Waals surface area (Å²) in [5.74, 6) is -0.722. The highest BCUT2D eigenvalue weighted by molar-refractivity contribution is 7.87. The van der Waals surface area contributed by atoms with E-state index in [4.69, 9.17) is 5.14 Å². The zero-order valence-electron chi connectivity index (χ0n) is 8.58. The molecule has 0 aromatic heterocycles. The largest absolute Gasteiger partial charge is 0.468 e. The Labute approximate surface area is 93.6 Å². The molecule has 0 fully saturated rings. The molecule has 16 heavy (non-hydrogen) atoms. The Hall–Kier alpha value is -1.44. The number of rotatable bonds is 4. The molecular weight excluding hydrogens is 232 g/mol. The van der Waals surface area contributed by atoms with E-state index in [1.54, 1.807) is 30.3 Å². The Morgan fingerprint density at radius 2 is 1.94 bits per heavy atom. The number of esters is 1. The van der Waals surface area contributed by atoms with Crippen molar-refractivity contribution in [1.82, 2.24) is 4.72 Å². The fraction of sp³-hybridized carbons (Fsp3) is 0.222. The highest BCUT2D eigenvalue weighted by Crippen LogP contribution is 2.14. The molecule has 0 saturated heterocycles. The van der Waals surface area contributed by atoms with Gasteiger partial charge >= 0.3 is 5.97 Å². The van der Waals surface area contributed by atoms with Gasteiger partial charge in [0.25, 0.3) is 10.2 Å². The van der Waals surface area contributed by atoms with Crippen LogP contribution in [0.1, 0.15) is 11.6 Å². The smallest absolute Gasteiger partial charge is 0.328 e. The third kappa shape index (κ3) is 3.61. The molecule has 0 radical (unpaired) electrons. The van der Waals surface area contributed by atoms with Crippen molar-refractivity contribution in [1.29, 1.82) is 0 Å². The van der Waals surface area contributed by atoms with E-state index in [2.05, 4.69) is 4.74 Å². The first-order valence-electron chi connectivity index (χ1n) is 4.37. The summed E-state index contributed by atoms with van der Waals surface area (Å²) in [7, 11) is -2.81. The van der Waals surface area contributed by atoms with Gasteiger partial charge in [-0.1, -0.05) is 30.3 Å². The van der Waals surface area contributed by atoms with Crippen LogP contribution in [0.4, 0.5) is 0 Å². The number of carbonyl (C=O) groups is 1. The van der Waals surface area contributed by atoms with Crippen molar-refractivity contribution >= 4 is 16.2 Å². The minimum absolute atomic E-state index is 0.461. The molecule has 6 nitrogen and oxygen atoms in total. The molecule has 0 bridgehead atoms. The number of hydrogen-bond acceptors (Lipinski definition) is 4. The Balaban J connectivity index is 3.02. The van der Waals surface area contributed by atoms with Crippen LogP contribution in [0.5, 0.6) is 0 Å². The lowest BCUT2D eigenvalue weighted by Gasteiger charge is -2.14. The molecule has 7 heteroatoms. The maximum atomic E-state index is 11.4. The zero-order chi connectivity index (χ0) is 12.2. The van der Waals surface area contributed by atoms with Gasteiger partial charge in [0.15, 0.2) is 0 Å².